The van der Waals surface area contributed by atoms with E-state index in [0.29, 0.717) is 6.04 Å². The molecule has 4 heteroatoms. The van der Waals surface area contributed by atoms with Gasteiger partial charge in [-0.15, -0.1) is 0 Å². The van der Waals surface area contributed by atoms with Gasteiger partial charge in [0.25, 0.3) is 0 Å². The van der Waals surface area contributed by atoms with Crippen molar-refractivity contribution < 1.29 is 5.11 Å². The highest BCUT2D eigenvalue weighted by atomic mass is 16.3. The van der Waals surface area contributed by atoms with Gasteiger partial charge < -0.3 is 10.4 Å². The zero-order valence-corrected chi connectivity index (χ0v) is 12.2. The van der Waals surface area contributed by atoms with Gasteiger partial charge in [0.1, 0.15) is 0 Å². The largest absolute Gasteiger partial charge is 0.396 e. The Kier molecular flexibility index (Phi) is 4.99. The maximum Gasteiger partial charge on any atom is 0.0762 e. The van der Waals surface area contributed by atoms with Gasteiger partial charge in [0.05, 0.1) is 11.7 Å². The lowest BCUT2D eigenvalue weighted by molar-refractivity contribution is 0.229. The molecule has 0 radical (unpaired) electrons. The minimum absolute atomic E-state index is 0.0383. The number of nitrogens with one attached hydrogen (secondary N) is 1. The van der Waals surface area contributed by atoms with Crippen LogP contribution < -0.4 is 5.32 Å². The third-order valence-corrected chi connectivity index (χ3v) is 4.10. The molecule has 2 rings (SSSR count). The summed E-state index contributed by atoms with van der Waals surface area (Å²) in [7, 11) is 0. The number of nitrogens with zero attached hydrogens (tertiary/aromatic N) is 2. The van der Waals surface area contributed by atoms with Crippen molar-refractivity contribution in [2.75, 3.05) is 6.61 Å². The zero-order valence-electron chi connectivity index (χ0n) is 12.2. The standard InChI is InChI=1S/C15H27N3O/c1-15(2,9-11-19)16-12-13-8-10-18(17-13)14-6-4-3-5-7-14/h8,10,14,16,19H,3-7,9,11-12H2,1-2H3. The van der Waals surface area contributed by atoms with Gasteiger partial charge in [0.2, 0.25) is 0 Å². The number of hydrogen-bond acceptors (Lipinski definition) is 3. The maximum absolute atomic E-state index is 9.01. The van der Waals surface area contributed by atoms with Crippen molar-refractivity contribution in [1.29, 1.82) is 0 Å². The second kappa shape index (κ2) is 6.53. The molecule has 1 heterocycles. The van der Waals surface area contributed by atoms with Crippen LogP contribution in [0.25, 0.3) is 0 Å². The Morgan fingerprint density at radius 3 is 2.79 bits per heavy atom. The van der Waals surface area contributed by atoms with Gasteiger partial charge in [-0.3, -0.25) is 4.68 Å². The summed E-state index contributed by atoms with van der Waals surface area (Å²) in [5.41, 5.74) is 1.06. The topological polar surface area (TPSA) is 50.1 Å². The minimum Gasteiger partial charge on any atom is -0.396 e. The lowest BCUT2D eigenvalue weighted by Crippen LogP contribution is -2.39. The molecule has 1 aliphatic rings. The average Bonchev–Trinajstić information content (AvgIpc) is 2.86. The van der Waals surface area contributed by atoms with Gasteiger partial charge in [-0.2, -0.15) is 5.10 Å². The summed E-state index contributed by atoms with van der Waals surface area (Å²) in [6, 6.07) is 2.71. The van der Waals surface area contributed by atoms with E-state index in [9.17, 15) is 0 Å². The quantitative estimate of drug-likeness (QED) is 0.831. The first kappa shape index (κ1) is 14.5. The molecule has 0 atom stereocenters. The van der Waals surface area contributed by atoms with Gasteiger partial charge in [0.15, 0.2) is 0 Å². The Bertz CT molecular complexity index is 380. The maximum atomic E-state index is 9.01. The van der Waals surface area contributed by atoms with Crippen LogP contribution in [0.1, 0.15) is 64.1 Å². The molecule has 1 aromatic heterocycles. The van der Waals surface area contributed by atoms with Gasteiger partial charge in [-0.1, -0.05) is 19.3 Å². The Hall–Kier alpha value is -0.870. The van der Waals surface area contributed by atoms with Crippen LogP contribution in [0.3, 0.4) is 0 Å². The Morgan fingerprint density at radius 1 is 1.37 bits per heavy atom. The second-order valence-corrected chi connectivity index (χ2v) is 6.29. The summed E-state index contributed by atoms with van der Waals surface area (Å²) >= 11 is 0. The molecule has 1 fully saturated rings. The van der Waals surface area contributed by atoms with Gasteiger partial charge in [-0.05, 0) is 39.2 Å². The predicted octanol–water partition coefficient (Wildman–Crippen LogP) is 2.64. The molecule has 1 saturated carbocycles. The van der Waals surface area contributed by atoms with Crippen molar-refractivity contribution in [1.82, 2.24) is 15.1 Å². The number of aromatic nitrogens is 2. The van der Waals surface area contributed by atoms with E-state index >= 15 is 0 Å². The number of hydrogen-bond donors (Lipinski definition) is 2. The van der Waals surface area contributed by atoms with Crippen LogP contribution >= 0.6 is 0 Å². The first-order valence-corrected chi connectivity index (χ1v) is 7.51. The van der Waals surface area contributed by atoms with Crippen molar-refractivity contribution in [2.24, 2.45) is 0 Å². The number of rotatable bonds is 6. The fourth-order valence-electron chi connectivity index (χ4n) is 2.72. The number of aliphatic hydroxyl groups excluding tert-OH is 1. The average molecular weight is 265 g/mol. The van der Waals surface area contributed by atoms with Crippen molar-refractivity contribution in [3.8, 4) is 0 Å². The summed E-state index contributed by atoms with van der Waals surface area (Å²) in [5, 5.41) is 17.2. The van der Waals surface area contributed by atoms with Crippen LogP contribution in [-0.2, 0) is 6.54 Å². The lowest BCUT2D eigenvalue weighted by atomic mass is 9.96. The van der Waals surface area contributed by atoms with E-state index in [1.54, 1.807) is 0 Å². The molecule has 19 heavy (non-hydrogen) atoms. The van der Waals surface area contributed by atoms with Crippen LogP contribution in [0.15, 0.2) is 12.3 Å². The fourth-order valence-corrected chi connectivity index (χ4v) is 2.72. The summed E-state index contributed by atoms with van der Waals surface area (Å²) in [6.45, 7) is 5.21. The van der Waals surface area contributed by atoms with Crippen molar-refractivity contribution in [3.63, 3.8) is 0 Å². The molecular weight excluding hydrogens is 238 g/mol. The zero-order chi connectivity index (χ0) is 13.7. The molecule has 0 unspecified atom stereocenters. The van der Waals surface area contributed by atoms with E-state index in [-0.39, 0.29) is 12.1 Å². The highest BCUT2D eigenvalue weighted by Crippen LogP contribution is 2.27. The molecule has 108 valence electrons. The first-order chi connectivity index (χ1) is 9.11. The third kappa shape index (κ3) is 4.32. The molecule has 0 bridgehead atoms. The van der Waals surface area contributed by atoms with Gasteiger partial charge in [-0.25, -0.2) is 0 Å². The summed E-state index contributed by atoms with van der Waals surface area (Å²) in [4.78, 5) is 0. The molecule has 1 aliphatic carbocycles. The van der Waals surface area contributed by atoms with Crippen LogP contribution in [0.4, 0.5) is 0 Å². The molecule has 0 amide bonds. The fraction of sp³-hybridized carbons (Fsp3) is 0.800. The Labute approximate surface area is 116 Å². The van der Waals surface area contributed by atoms with Gasteiger partial charge in [0, 0.05) is 24.9 Å². The van der Waals surface area contributed by atoms with E-state index in [4.69, 9.17) is 5.11 Å². The van der Waals surface area contributed by atoms with Crippen molar-refractivity contribution in [2.45, 2.75) is 70.5 Å². The molecule has 4 nitrogen and oxygen atoms in total. The van der Waals surface area contributed by atoms with E-state index in [2.05, 4.69) is 41.2 Å². The normalized spacial score (nSPS) is 17.8. The molecule has 0 aliphatic heterocycles. The van der Waals surface area contributed by atoms with Crippen LogP contribution in [0, 0.1) is 0 Å². The number of aliphatic hydroxyl groups is 1. The molecule has 1 aromatic rings. The van der Waals surface area contributed by atoms with E-state index in [1.165, 1.54) is 32.1 Å². The van der Waals surface area contributed by atoms with E-state index in [0.717, 1.165) is 18.7 Å². The van der Waals surface area contributed by atoms with Crippen molar-refractivity contribution >= 4 is 0 Å². The molecule has 0 saturated heterocycles. The van der Waals surface area contributed by atoms with Crippen LogP contribution in [-0.4, -0.2) is 27.0 Å². The van der Waals surface area contributed by atoms with Crippen molar-refractivity contribution in [3.05, 3.63) is 18.0 Å². The highest BCUT2D eigenvalue weighted by Gasteiger charge is 2.18. The summed E-state index contributed by atoms with van der Waals surface area (Å²) < 4.78 is 2.15. The van der Waals surface area contributed by atoms with E-state index < -0.39 is 0 Å². The molecule has 2 N–H and O–H groups in total. The smallest absolute Gasteiger partial charge is 0.0762 e. The summed E-state index contributed by atoms with van der Waals surface area (Å²) in [5.74, 6) is 0. The highest BCUT2D eigenvalue weighted by molar-refractivity contribution is 5.00. The third-order valence-electron chi connectivity index (χ3n) is 4.10. The van der Waals surface area contributed by atoms with Crippen LogP contribution in [0.2, 0.25) is 0 Å². The molecule has 0 aromatic carbocycles. The van der Waals surface area contributed by atoms with Gasteiger partial charge >= 0.3 is 0 Å². The SMILES string of the molecule is CC(C)(CCO)NCc1ccn(C2CCCCC2)n1. The minimum atomic E-state index is -0.0383. The Balaban J connectivity index is 1.86. The second-order valence-electron chi connectivity index (χ2n) is 6.29. The lowest BCUT2D eigenvalue weighted by Gasteiger charge is -2.25. The summed E-state index contributed by atoms with van der Waals surface area (Å²) in [6.07, 6.45) is 9.46. The monoisotopic (exact) mass is 265 g/mol. The Morgan fingerprint density at radius 2 is 2.11 bits per heavy atom. The first-order valence-electron chi connectivity index (χ1n) is 7.51. The predicted molar refractivity (Wildman–Crippen MR) is 77.0 cm³/mol. The molecular formula is C15H27N3O. The molecule has 0 spiro atoms. The van der Waals surface area contributed by atoms with Crippen LogP contribution in [0.5, 0.6) is 0 Å². The van der Waals surface area contributed by atoms with E-state index in [1.807, 2.05) is 0 Å².